The molecule has 0 spiro atoms. The molecule has 4 heteroatoms. The van der Waals surface area contributed by atoms with Gasteiger partial charge in [0.05, 0.1) is 11.7 Å². The van der Waals surface area contributed by atoms with Gasteiger partial charge in [0.2, 0.25) is 0 Å². The molecular weight excluding hydrogens is 229 g/mol. The van der Waals surface area contributed by atoms with Crippen molar-refractivity contribution >= 4 is 0 Å². The average molecular weight is 243 g/mol. The van der Waals surface area contributed by atoms with E-state index in [0.29, 0.717) is 18.4 Å². The Morgan fingerprint density at radius 1 is 1.41 bits per heavy atom. The maximum absolute atomic E-state index is 12.4. The van der Waals surface area contributed by atoms with E-state index in [1.807, 2.05) is 0 Å². The molecule has 1 unspecified atom stereocenters. The van der Waals surface area contributed by atoms with Crippen molar-refractivity contribution in [2.45, 2.75) is 25.1 Å². The van der Waals surface area contributed by atoms with Crippen molar-refractivity contribution in [3.63, 3.8) is 0 Å². The van der Waals surface area contributed by atoms with E-state index >= 15 is 0 Å². The molecule has 0 fully saturated rings. The topological polar surface area (TPSA) is 9.23 Å². The van der Waals surface area contributed by atoms with Crippen LogP contribution in [0.5, 0.6) is 0 Å². The molecule has 0 aliphatic carbocycles. The minimum absolute atomic E-state index is 0.232. The summed E-state index contributed by atoms with van der Waals surface area (Å²) < 4.78 is 42.4. The van der Waals surface area contributed by atoms with Gasteiger partial charge in [-0.25, -0.2) is 0 Å². The maximum atomic E-state index is 12.4. The monoisotopic (exact) mass is 243 g/mol. The Kier molecular flexibility index (Phi) is 4.75. The highest BCUT2D eigenvalue weighted by Crippen LogP contribution is 2.29. The van der Waals surface area contributed by atoms with Crippen LogP contribution in [0.1, 0.15) is 17.5 Å². The summed E-state index contributed by atoms with van der Waals surface area (Å²) in [6, 6.07) is 5.29. The predicted octanol–water partition coefficient (Wildman–Crippen LogP) is 3.64. The first-order valence-electron chi connectivity index (χ1n) is 5.21. The zero-order valence-corrected chi connectivity index (χ0v) is 9.50. The molecule has 0 aliphatic rings. The van der Waals surface area contributed by atoms with Crippen LogP contribution in [0, 0.1) is 6.58 Å². The lowest BCUT2D eigenvalue weighted by atomic mass is 10.0. The van der Waals surface area contributed by atoms with Gasteiger partial charge in [0.1, 0.15) is 0 Å². The van der Waals surface area contributed by atoms with Gasteiger partial charge < -0.3 is 4.74 Å². The summed E-state index contributed by atoms with van der Waals surface area (Å²) in [5.41, 5.74) is 0.00409. The van der Waals surface area contributed by atoms with Crippen LogP contribution in [-0.2, 0) is 17.3 Å². The zero-order valence-electron chi connectivity index (χ0n) is 9.50. The lowest BCUT2D eigenvalue weighted by molar-refractivity contribution is -0.137. The number of alkyl halides is 3. The van der Waals surface area contributed by atoms with E-state index in [1.54, 1.807) is 6.07 Å². The molecule has 0 heterocycles. The van der Waals surface area contributed by atoms with Gasteiger partial charge in [0, 0.05) is 7.11 Å². The van der Waals surface area contributed by atoms with E-state index < -0.39 is 11.7 Å². The molecule has 0 saturated heterocycles. The molecule has 1 rings (SSSR count). The number of hydrogen-bond acceptors (Lipinski definition) is 1. The van der Waals surface area contributed by atoms with Gasteiger partial charge in [0.25, 0.3) is 0 Å². The molecule has 0 N–H and O–H groups in total. The van der Waals surface area contributed by atoms with Gasteiger partial charge in [-0.15, -0.1) is 0 Å². The lowest BCUT2D eigenvalue weighted by Gasteiger charge is -2.11. The summed E-state index contributed by atoms with van der Waals surface area (Å²) in [5, 5.41) is 0. The van der Waals surface area contributed by atoms with Crippen molar-refractivity contribution in [1.82, 2.24) is 0 Å². The van der Waals surface area contributed by atoms with E-state index in [9.17, 15) is 13.2 Å². The van der Waals surface area contributed by atoms with Crippen LogP contribution in [0.2, 0.25) is 0 Å². The number of benzene rings is 1. The van der Waals surface area contributed by atoms with Gasteiger partial charge in [-0.05, 0) is 24.5 Å². The van der Waals surface area contributed by atoms with Crippen molar-refractivity contribution in [3.8, 4) is 0 Å². The Morgan fingerprint density at radius 2 is 2.12 bits per heavy atom. The number of methoxy groups -OCH3 is 1. The summed E-state index contributed by atoms with van der Waals surface area (Å²) in [6.45, 7) is 5.32. The molecule has 1 radical (unpaired) electrons. The number of halogens is 3. The minimum Gasteiger partial charge on any atom is -0.377 e. The SMILES string of the molecule is [CH]=CC(CCc1cccc(C(F)(F)F)c1)OC. The standard InChI is InChI=1S/C13H14F3O/c1-3-12(17-2)8-7-10-5-4-6-11(9-10)13(14,15)16/h1,3-6,9,12H,7-8H2,2H3. The molecule has 93 valence electrons. The number of hydrogen-bond donors (Lipinski definition) is 0. The summed E-state index contributed by atoms with van der Waals surface area (Å²) in [6.07, 6.45) is -2.07. The van der Waals surface area contributed by atoms with Crippen LogP contribution in [0.25, 0.3) is 0 Å². The Balaban J connectivity index is 2.69. The highest BCUT2D eigenvalue weighted by Gasteiger charge is 2.30. The van der Waals surface area contributed by atoms with Crippen LogP contribution in [0.3, 0.4) is 0 Å². The van der Waals surface area contributed by atoms with Crippen LogP contribution in [-0.4, -0.2) is 13.2 Å². The molecule has 1 atom stereocenters. The summed E-state index contributed by atoms with van der Waals surface area (Å²) in [4.78, 5) is 0. The van der Waals surface area contributed by atoms with Crippen LogP contribution in [0.15, 0.2) is 30.3 Å². The molecule has 0 aromatic heterocycles. The Hall–Kier alpha value is -1.29. The number of aryl methyl sites for hydroxylation is 1. The minimum atomic E-state index is -4.29. The first kappa shape index (κ1) is 13.8. The molecule has 0 amide bonds. The Bertz CT molecular complexity index is 371. The fraction of sp³-hybridized carbons (Fsp3) is 0.385. The quantitative estimate of drug-likeness (QED) is 0.767. The molecule has 1 aromatic carbocycles. The average Bonchev–Trinajstić information content (AvgIpc) is 2.30. The van der Waals surface area contributed by atoms with Crippen LogP contribution in [0.4, 0.5) is 13.2 Å². The zero-order chi connectivity index (χ0) is 12.9. The predicted molar refractivity (Wildman–Crippen MR) is 59.4 cm³/mol. The van der Waals surface area contributed by atoms with E-state index in [0.717, 1.165) is 12.1 Å². The molecule has 0 aliphatic heterocycles. The second-order valence-electron chi connectivity index (χ2n) is 3.70. The molecule has 0 saturated carbocycles. The maximum Gasteiger partial charge on any atom is 0.416 e. The summed E-state index contributed by atoms with van der Waals surface area (Å²) >= 11 is 0. The van der Waals surface area contributed by atoms with Crippen LogP contribution >= 0.6 is 0 Å². The van der Waals surface area contributed by atoms with Crippen molar-refractivity contribution < 1.29 is 17.9 Å². The van der Waals surface area contributed by atoms with Gasteiger partial charge in [-0.1, -0.05) is 30.9 Å². The Morgan fingerprint density at radius 3 is 2.65 bits per heavy atom. The second kappa shape index (κ2) is 5.87. The van der Waals surface area contributed by atoms with Crippen molar-refractivity contribution in [1.29, 1.82) is 0 Å². The fourth-order valence-electron chi connectivity index (χ4n) is 1.50. The first-order valence-corrected chi connectivity index (χ1v) is 5.21. The highest BCUT2D eigenvalue weighted by atomic mass is 19.4. The molecule has 17 heavy (non-hydrogen) atoms. The first-order chi connectivity index (χ1) is 7.97. The van der Waals surface area contributed by atoms with Gasteiger partial charge in [-0.2, -0.15) is 13.2 Å². The van der Waals surface area contributed by atoms with Gasteiger partial charge in [0.15, 0.2) is 0 Å². The van der Waals surface area contributed by atoms with Gasteiger partial charge in [-0.3, -0.25) is 0 Å². The summed E-state index contributed by atoms with van der Waals surface area (Å²) in [7, 11) is 1.51. The molecule has 1 aromatic rings. The van der Waals surface area contributed by atoms with Crippen molar-refractivity contribution in [3.05, 3.63) is 48.0 Å². The third kappa shape index (κ3) is 4.23. The number of ether oxygens (including phenoxy) is 1. The van der Waals surface area contributed by atoms with Gasteiger partial charge >= 0.3 is 6.18 Å². The van der Waals surface area contributed by atoms with Crippen molar-refractivity contribution in [2.75, 3.05) is 7.11 Å². The third-order valence-corrected chi connectivity index (χ3v) is 2.49. The normalized spacial score (nSPS) is 13.4. The molecular formula is C13H14F3O. The molecule has 1 nitrogen and oxygen atoms in total. The Labute approximate surface area is 98.9 Å². The smallest absolute Gasteiger partial charge is 0.377 e. The lowest BCUT2D eigenvalue weighted by Crippen LogP contribution is -2.09. The van der Waals surface area contributed by atoms with E-state index in [1.165, 1.54) is 19.3 Å². The number of rotatable bonds is 5. The van der Waals surface area contributed by atoms with E-state index in [-0.39, 0.29) is 6.10 Å². The second-order valence-corrected chi connectivity index (χ2v) is 3.70. The summed E-state index contributed by atoms with van der Waals surface area (Å²) in [5.74, 6) is 0. The van der Waals surface area contributed by atoms with E-state index in [4.69, 9.17) is 11.3 Å². The third-order valence-electron chi connectivity index (χ3n) is 2.49. The fourth-order valence-corrected chi connectivity index (χ4v) is 1.50. The molecule has 0 bridgehead atoms. The highest BCUT2D eigenvalue weighted by molar-refractivity contribution is 5.25. The van der Waals surface area contributed by atoms with Crippen LogP contribution < -0.4 is 0 Å². The van der Waals surface area contributed by atoms with Crippen molar-refractivity contribution in [2.24, 2.45) is 0 Å². The van der Waals surface area contributed by atoms with E-state index in [2.05, 4.69) is 0 Å². The largest absolute Gasteiger partial charge is 0.416 e.